The highest BCUT2D eigenvalue weighted by Gasteiger charge is 2.10. The summed E-state index contributed by atoms with van der Waals surface area (Å²) in [6.07, 6.45) is 5.21. The predicted molar refractivity (Wildman–Crippen MR) is 53.7 cm³/mol. The largest absolute Gasteiger partial charge is 0.452 e. The second kappa shape index (κ2) is 4.10. The third-order valence-electron chi connectivity index (χ3n) is 1.52. The molecular weight excluding hydrogens is 188 g/mol. The Labute approximate surface area is 81.5 Å². The molecule has 3 heteroatoms. The Morgan fingerprint density at radius 3 is 2.85 bits per heavy atom. The molecule has 0 spiro atoms. The van der Waals surface area contributed by atoms with Crippen molar-refractivity contribution < 1.29 is 9.21 Å². The fourth-order valence-corrected chi connectivity index (χ4v) is 1.08. The lowest BCUT2D eigenvalue weighted by Gasteiger charge is -1.86. The quantitative estimate of drug-likeness (QED) is 0.695. The molecule has 2 nitrogen and oxygen atoms in total. The maximum absolute atomic E-state index is 10.7. The van der Waals surface area contributed by atoms with Crippen molar-refractivity contribution in [2.24, 2.45) is 0 Å². The zero-order valence-corrected chi connectivity index (χ0v) is 7.97. The first-order valence-corrected chi connectivity index (χ1v) is 4.15. The van der Waals surface area contributed by atoms with Gasteiger partial charge in [0.05, 0.1) is 0 Å². The van der Waals surface area contributed by atoms with Gasteiger partial charge in [0.15, 0.2) is 5.76 Å². The molecule has 13 heavy (non-hydrogen) atoms. The van der Waals surface area contributed by atoms with Gasteiger partial charge in [0, 0.05) is 5.56 Å². The Morgan fingerprint density at radius 2 is 2.38 bits per heavy atom. The molecule has 1 aromatic heterocycles. The zero-order chi connectivity index (χ0) is 9.84. The summed E-state index contributed by atoms with van der Waals surface area (Å²) in [4.78, 5) is 10.7. The molecule has 68 valence electrons. The summed E-state index contributed by atoms with van der Waals surface area (Å²) >= 11 is 5.25. The van der Waals surface area contributed by atoms with Crippen molar-refractivity contribution in [1.82, 2.24) is 0 Å². The van der Waals surface area contributed by atoms with E-state index >= 15 is 0 Å². The molecule has 1 aromatic rings. The fraction of sp³-hybridized carbons (Fsp3) is 0.100. The number of furan rings is 1. The molecule has 0 aliphatic heterocycles. The monoisotopic (exact) mass is 196 g/mol. The average molecular weight is 197 g/mol. The first kappa shape index (κ1) is 9.81. The molecule has 0 amide bonds. The Morgan fingerprint density at radius 1 is 1.69 bits per heavy atom. The van der Waals surface area contributed by atoms with E-state index in [1.807, 2.05) is 19.1 Å². The van der Waals surface area contributed by atoms with Crippen LogP contribution in [0.2, 0.25) is 0 Å². The lowest BCUT2D eigenvalue weighted by Crippen LogP contribution is -1.81. The van der Waals surface area contributed by atoms with E-state index in [1.165, 1.54) is 0 Å². The number of rotatable bonds is 3. The molecule has 0 aromatic carbocycles. The minimum Gasteiger partial charge on any atom is -0.452 e. The van der Waals surface area contributed by atoms with Gasteiger partial charge in [0.25, 0.3) is 5.24 Å². The number of hydrogen-bond acceptors (Lipinski definition) is 2. The van der Waals surface area contributed by atoms with Crippen LogP contribution in [0.3, 0.4) is 0 Å². The maximum atomic E-state index is 10.7. The number of allylic oxidation sites excluding steroid dienone is 1. The van der Waals surface area contributed by atoms with Gasteiger partial charge in [-0.25, -0.2) is 0 Å². The molecular formula is C10H9ClO2. The normalized spacial score (nSPS) is 10.6. The molecule has 0 aliphatic rings. The molecule has 1 rings (SSSR count). The van der Waals surface area contributed by atoms with Crippen molar-refractivity contribution in [2.45, 2.75) is 6.92 Å². The molecule has 0 N–H and O–H groups in total. The van der Waals surface area contributed by atoms with Crippen LogP contribution in [0.25, 0.3) is 12.2 Å². The van der Waals surface area contributed by atoms with E-state index in [2.05, 4.69) is 6.58 Å². The summed E-state index contributed by atoms with van der Waals surface area (Å²) in [7, 11) is 0. The van der Waals surface area contributed by atoms with Crippen molar-refractivity contribution in [3.63, 3.8) is 0 Å². The molecule has 0 aliphatic carbocycles. The van der Waals surface area contributed by atoms with Crippen molar-refractivity contribution in [3.8, 4) is 0 Å². The minimum absolute atomic E-state index is 0.143. The van der Waals surface area contributed by atoms with Crippen LogP contribution >= 0.6 is 11.6 Å². The Bertz CT molecular complexity index is 361. The summed E-state index contributed by atoms with van der Waals surface area (Å²) in [5.41, 5.74) is 0.807. The standard InChI is InChI=1S/C10H9ClO2/c1-3-5-7-6-9(10(11)12)13-8(7)4-2/h3-6H,2H2,1H3/b5-3-. The van der Waals surface area contributed by atoms with Gasteiger partial charge in [-0.05, 0) is 30.7 Å². The van der Waals surface area contributed by atoms with Crippen LogP contribution in [0.1, 0.15) is 28.8 Å². The first-order chi connectivity index (χ1) is 6.19. The summed E-state index contributed by atoms with van der Waals surface area (Å²) in [6.45, 7) is 5.44. The molecule has 0 bridgehead atoms. The van der Waals surface area contributed by atoms with E-state index in [0.29, 0.717) is 5.76 Å². The SMILES string of the molecule is C=Cc1oc(C(=O)Cl)cc1/C=C\C. The Balaban J connectivity index is 3.18. The van der Waals surface area contributed by atoms with Crippen molar-refractivity contribution in [3.05, 3.63) is 35.8 Å². The minimum atomic E-state index is -0.598. The van der Waals surface area contributed by atoms with Gasteiger partial charge < -0.3 is 4.42 Å². The average Bonchev–Trinajstić information content (AvgIpc) is 2.48. The number of hydrogen-bond donors (Lipinski definition) is 0. The summed E-state index contributed by atoms with van der Waals surface area (Å²) in [6, 6.07) is 1.59. The third kappa shape index (κ3) is 2.10. The van der Waals surface area contributed by atoms with Gasteiger partial charge in [0.1, 0.15) is 5.76 Å². The van der Waals surface area contributed by atoms with Crippen molar-refractivity contribution in [2.75, 3.05) is 0 Å². The van der Waals surface area contributed by atoms with E-state index in [-0.39, 0.29) is 5.76 Å². The molecule has 0 fully saturated rings. The van der Waals surface area contributed by atoms with Gasteiger partial charge in [-0.3, -0.25) is 4.79 Å². The topological polar surface area (TPSA) is 30.2 Å². The summed E-state index contributed by atoms with van der Waals surface area (Å²) in [5, 5.41) is -0.598. The Kier molecular flexibility index (Phi) is 3.09. The van der Waals surface area contributed by atoms with Crippen LogP contribution in [0.5, 0.6) is 0 Å². The molecule has 0 saturated heterocycles. The number of carbonyl (C=O) groups is 1. The number of halogens is 1. The summed E-state index contributed by atoms with van der Waals surface area (Å²) in [5.74, 6) is 0.701. The molecule has 0 atom stereocenters. The highest BCUT2D eigenvalue weighted by molar-refractivity contribution is 6.67. The lowest BCUT2D eigenvalue weighted by molar-refractivity contribution is 0.105. The van der Waals surface area contributed by atoms with E-state index in [9.17, 15) is 4.79 Å². The molecule has 0 saturated carbocycles. The van der Waals surface area contributed by atoms with E-state index in [1.54, 1.807) is 12.1 Å². The highest BCUT2D eigenvalue weighted by atomic mass is 35.5. The second-order valence-electron chi connectivity index (χ2n) is 2.41. The smallest absolute Gasteiger partial charge is 0.287 e. The van der Waals surface area contributed by atoms with Crippen molar-refractivity contribution in [1.29, 1.82) is 0 Å². The predicted octanol–water partition coefficient (Wildman–Crippen LogP) is 3.33. The van der Waals surface area contributed by atoms with Gasteiger partial charge >= 0.3 is 0 Å². The zero-order valence-electron chi connectivity index (χ0n) is 7.21. The highest BCUT2D eigenvalue weighted by Crippen LogP contribution is 2.19. The van der Waals surface area contributed by atoms with Crippen LogP contribution in [-0.4, -0.2) is 5.24 Å². The fourth-order valence-electron chi connectivity index (χ4n) is 0.985. The first-order valence-electron chi connectivity index (χ1n) is 3.77. The van der Waals surface area contributed by atoms with Gasteiger partial charge in [0.2, 0.25) is 0 Å². The number of carbonyl (C=O) groups excluding carboxylic acids is 1. The van der Waals surface area contributed by atoms with E-state index in [0.717, 1.165) is 5.56 Å². The van der Waals surface area contributed by atoms with Crippen LogP contribution in [-0.2, 0) is 0 Å². The lowest BCUT2D eigenvalue weighted by atomic mass is 10.2. The van der Waals surface area contributed by atoms with E-state index < -0.39 is 5.24 Å². The molecule has 0 radical (unpaired) electrons. The van der Waals surface area contributed by atoms with Crippen molar-refractivity contribution >= 4 is 29.0 Å². The van der Waals surface area contributed by atoms with Gasteiger partial charge in [-0.2, -0.15) is 0 Å². The summed E-state index contributed by atoms with van der Waals surface area (Å²) < 4.78 is 5.13. The molecule has 0 unspecified atom stereocenters. The van der Waals surface area contributed by atoms with Crippen LogP contribution in [0.15, 0.2) is 23.1 Å². The second-order valence-corrected chi connectivity index (χ2v) is 2.75. The van der Waals surface area contributed by atoms with Crippen LogP contribution < -0.4 is 0 Å². The Hall–Kier alpha value is -1.28. The van der Waals surface area contributed by atoms with E-state index in [4.69, 9.17) is 16.0 Å². The van der Waals surface area contributed by atoms with Gasteiger partial charge in [-0.1, -0.05) is 18.7 Å². The molecule has 1 heterocycles. The third-order valence-corrected chi connectivity index (χ3v) is 1.70. The van der Waals surface area contributed by atoms with Crippen LogP contribution in [0.4, 0.5) is 0 Å². The van der Waals surface area contributed by atoms with Crippen LogP contribution in [0, 0.1) is 0 Å². The van der Waals surface area contributed by atoms with Gasteiger partial charge in [-0.15, -0.1) is 0 Å². The maximum Gasteiger partial charge on any atom is 0.287 e.